The smallest absolute Gasteiger partial charge is 0.287 e. The van der Waals surface area contributed by atoms with Crippen LogP contribution in [0.25, 0.3) is 11.4 Å². The maximum Gasteiger partial charge on any atom is 0.287 e. The molecule has 0 radical (unpaired) electrons. The van der Waals surface area contributed by atoms with E-state index in [1.165, 1.54) is 19.1 Å². The minimum Gasteiger partial charge on any atom is -0.304 e. The van der Waals surface area contributed by atoms with Crippen molar-refractivity contribution in [1.82, 2.24) is 9.97 Å². The molecular weight excluding hydrogens is 250 g/mol. The van der Waals surface area contributed by atoms with Gasteiger partial charge in [-0.25, -0.2) is 9.37 Å². The first-order valence-corrected chi connectivity index (χ1v) is 5.08. The van der Waals surface area contributed by atoms with Crippen LogP contribution in [0.4, 0.5) is 8.78 Å². The van der Waals surface area contributed by atoms with Gasteiger partial charge in [-0.05, 0) is 25.1 Å². The summed E-state index contributed by atoms with van der Waals surface area (Å²) in [5.74, 6) is -1.35. The number of aryl methyl sites for hydroxylation is 1. The Morgan fingerprint density at radius 3 is 2.65 bits per heavy atom. The average Bonchev–Trinajstić information content (AvgIpc) is 2.29. The number of aromatic nitrogens is 2. The Hall–Kier alpha value is -1.75. The summed E-state index contributed by atoms with van der Waals surface area (Å²) in [6, 6.07) is 3.86. The Morgan fingerprint density at radius 1 is 1.35 bits per heavy atom. The first-order valence-electron chi connectivity index (χ1n) is 4.71. The van der Waals surface area contributed by atoms with E-state index in [-0.39, 0.29) is 16.5 Å². The summed E-state index contributed by atoms with van der Waals surface area (Å²) in [6.07, 6.45) is 0. The van der Waals surface area contributed by atoms with E-state index in [9.17, 15) is 13.6 Å². The summed E-state index contributed by atoms with van der Waals surface area (Å²) >= 11 is 5.61. The van der Waals surface area contributed by atoms with E-state index >= 15 is 0 Å². The number of nitrogens with one attached hydrogen (secondary N) is 1. The van der Waals surface area contributed by atoms with Crippen molar-refractivity contribution in [3.8, 4) is 11.4 Å². The zero-order valence-corrected chi connectivity index (χ0v) is 9.48. The summed E-state index contributed by atoms with van der Waals surface area (Å²) in [6.45, 7) is 1.37. The Morgan fingerprint density at radius 2 is 2.06 bits per heavy atom. The number of hydrogen-bond acceptors (Lipinski definition) is 2. The van der Waals surface area contributed by atoms with E-state index in [2.05, 4.69) is 9.97 Å². The molecule has 1 heterocycles. The summed E-state index contributed by atoms with van der Waals surface area (Å²) in [4.78, 5) is 17.3. The van der Waals surface area contributed by atoms with Crippen LogP contribution in [0.3, 0.4) is 0 Å². The van der Waals surface area contributed by atoms with Crippen molar-refractivity contribution in [2.24, 2.45) is 0 Å². The maximum absolute atomic E-state index is 13.1. The molecule has 0 aliphatic heterocycles. The van der Waals surface area contributed by atoms with Crippen molar-refractivity contribution in [3.63, 3.8) is 0 Å². The topological polar surface area (TPSA) is 45.8 Å². The second-order valence-corrected chi connectivity index (χ2v) is 3.85. The molecule has 0 saturated heterocycles. The van der Waals surface area contributed by atoms with Crippen LogP contribution in [0.2, 0.25) is 5.02 Å². The lowest BCUT2D eigenvalue weighted by molar-refractivity contribution is 0.589. The molecule has 0 spiro atoms. The van der Waals surface area contributed by atoms with Gasteiger partial charge in [-0.1, -0.05) is 11.6 Å². The van der Waals surface area contributed by atoms with Crippen molar-refractivity contribution >= 4 is 11.6 Å². The molecular formula is C11H7ClF2N2O. The zero-order chi connectivity index (χ0) is 12.6. The van der Waals surface area contributed by atoms with Gasteiger partial charge in [0, 0.05) is 5.56 Å². The van der Waals surface area contributed by atoms with E-state index in [0.717, 1.165) is 6.07 Å². The van der Waals surface area contributed by atoms with Crippen LogP contribution >= 0.6 is 11.6 Å². The van der Waals surface area contributed by atoms with Gasteiger partial charge in [0.05, 0.1) is 10.7 Å². The normalized spacial score (nSPS) is 10.6. The quantitative estimate of drug-likeness (QED) is 0.853. The van der Waals surface area contributed by atoms with Crippen molar-refractivity contribution < 1.29 is 8.78 Å². The number of rotatable bonds is 1. The lowest BCUT2D eigenvalue weighted by Gasteiger charge is -2.03. The third-order valence-electron chi connectivity index (χ3n) is 2.22. The Labute approximate surface area is 100 Å². The van der Waals surface area contributed by atoms with Crippen LogP contribution < -0.4 is 5.56 Å². The first-order chi connectivity index (χ1) is 7.99. The van der Waals surface area contributed by atoms with E-state index in [0.29, 0.717) is 5.56 Å². The van der Waals surface area contributed by atoms with Crippen LogP contribution in [0.1, 0.15) is 5.69 Å². The highest BCUT2D eigenvalue weighted by atomic mass is 35.5. The number of halogens is 3. The molecule has 0 aliphatic carbocycles. The number of hydrogen-bond donors (Lipinski definition) is 1. The van der Waals surface area contributed by atoms with Gasteiger partial charge < -0.3 is 4.98 Å². The molecule has 1 N–H and O–H groups in total. The van der Waals surface area contributed by atoms with Crippen LogP contribution in [0.5, 0.6) is 0 Å². The van der Waals surface area contributed by atoms with Crippen LogP contribution in [0, 0.1) is 18.6 Å². The Bertz CT molecular complexity index is 640. The fourth-order valence-electron chi connectivity index (χ4n) is 1.35. The highest BCUT2D eigenvalue weighted by molar-refractivity contribution is 6.31. The van der Waals surface area contributed by atoms with Gasteiger partial charge in [0.1, 0.15) is 11.6 Å². The fourth-order valence-corrected chi connectivity index (χ4v) is 1.53. The summed E-state index contributed by atoms with van der Waals surface area (Å²) in [5.41, 5.74) is -0.478. The lowest BCUT2D eigenvalue weighted by atomic mass is 10.2. The average molecular weight is 257 g/mol. The zero-order valence-electron chi connectivity index (χ0n) is 8.72. The number of aromatic amines is 1. The second kappa shape index (κ2) is 4.25. The molecule has 0 unspecified atom stereocenters. The van der Waals surface area contributed by atoms with Gasteiger partial charge in [-0.2, -0.15) is 4.39 Å². The first kappa shape index (κ1) is 11.7. The minimum absolute atomic E-state index is 0.0239. The molecule has 17 heavy (non-hydrogen) atoms. The maximum atomic E-state index is 13.1. The SMILES string of the molecule is Cc1nc(-c2ccc(F)c(Cl)c2)[nH]c(=O)c1F. The molecule has 0 aliphatic rings. The van der Waals surface area contributed by atoms with Gasteiger partial charge in [0.2, 0.25) is 5.82 Å². The van der Waals surface area contributed by atoms with E-state index in [1.807, 2.05) is 0 Å². The van der Waals surface area contributed by atoms with Crippen molar-refractivity contribution in [2.45, 2.75) is 6.92 Å². The lowest BCUT2D eigenvalue weighted by Crippen LogP contribution is -2.15. The molecule has 3 nitrogen and oxygen atoms in total. The molecule has 1 aromatic heterocycles. The second-order valence-electron chi connectivity index (χ2n) is 3.44. The predicted octanol–water partition coefficient (Wildman–Crippen LogP) is 2.68. The summed E-state index contributed by atoms with van der Waals surface area (Å²) < 4.78 is 26.0. The Kier molecular flexibility index (Phi) is 2.93. The largest absolute Gasteiger partial charge is 0.304 e. The fraction of sp³-hybridized carbons (Fsp3) is 0.0909. The van der Waals surface area contributed by atoms with Gasteiger partial charge in [0.15, 0.2) is 0 Å². The molecule has 0 fully saturated rings. The number of H-pyrrole nitrogens is 1. The molecule has 2 rings (SSSR count). The minimum atomic E-state index is -0.929. The van der Waals surface area contributed by atoms with Crippen molar-refractivity contribution in [3.05, 3.63) is 50.9 Å². The third-order valence-corrected chi connectivity index (χ3v) is 2.51. The van der Waals surface area contributed by atoms with E-state index < -0.39 is 17.2 Å². The highest BCUT2D eigenvalue weighted by Crippen LogP contribution is 2.21. The van der Waals surface area contributed by atoms with Crippen molar-refractivity contribution in [2.75, 3.05) is 0 Å². The predicted molar refractivity (Wildman–Crippen MR) is 60.0 cm³/mol. The monoisotopic (exact) mass is 256 g/mol. The van der Waals surface area contributed by atoms with Crippen LogP contribution in [-0.4, -0.2) is 9.97 Å². The van der Waals surface area contributed by atoms with Gasteiger partial charge >= 0.3 is 0 Å². The Balaban J connectivity index is 2.61. The highest BCUT2D eigenvalue weighted by Gasteiger charge is 2.10. The van der Waals surface area contributed by atoms with Crippen LogP contribution in [0.15, 0.2) is 23.0 Å². The third kappa shape index (κ3) is 2.19. The molecule has 0 saturated carbocycles. The molecule has 6 heteroatoms. The molecule has 0 amide bonds. The summed E-state index contributed by atoms with van der Waals surface area (Å²) in [5, 5.41) is -0.0906. The molecule has 88 valence electrons. The molecule has 1 aromatic carbocycles. The van der Waals surface area contributed by atoms with Crippen LogP contribution in [-0.2, 0) is 0 Å². The van der Waals surface area contributed by atoms with E-state index in [4.69, 9.17) is 11.6 Å². The standard InChI is InChI=1S/C11H7ClF2N2O/c1-5-9(14)11(17)16-10(15-5)6-2-3-8(13)7(12)4-6/h2-4H,1H3,(H,15,16,17). The molecule has 0 atom stereocenters. The van der Waals surface area contributed by atoms with Crippen molar-refractivity contribution in [1.29, 1.82) is 0 Å². The molecule has 0 bridgehead atoms. The van der Waals surface area contributed by atoms with Gasteiger partial charge in [-0.3, -0.25) is 4.79 Å². The van der Waals surface area contributed by atoms with E-state index in [1.54, 1.807) is 0 Å². The van der Waals surface area contributed by atoms with Gasteiger partial charge in [-0.15, -0.1) is 0 Å². The molecule has 2 aromatic rings. The van der Waals surface area contributed by atoms with Gasteiger partial charge in [0.25, 0.3) is 5.56 Å². The number of benzene rings is 1. The number of nitrogens with zero attached hydrogens (tertiary/aromatic N) is 1. The summed E-state index contributed by atoms with van der Waals surface area (Å²) in [7, 11) is 0.